The Hall–Kier alpha value is -4.77. The summed E-state index contributed by atoms with van der Waals surface area (Å²) in [5.74, 6) is 5.65. The first kappa shape index (κ1) is 19.5. The maximum atomic E-state index is 12.7. The number of hydrogen-bond donors (Lipinski definition) is 1. The molecule has 4 aromatic rings. The number of aromatic nitrogens is 3. The third-order valence-electron chi connectivity index (χ3n) is 4.35. The van der Waals surface area contributed by atoms with E-state index in [4.69, 9.17) is 0 Å². The Labute approximate surface area is 177 Å². The van der Waals surface area contributed by atoms with Crippen molar-refractivity contribution in [3.05, 3.63) is 112 Å². The number of benzene rings is 3. The van der Waals surface area contributed by atoms with Crippen LogP contribution in [0.2, 0.25) is 0 Å². The molecule has 0 aliphatic carbocycles. The number of nitrogens with zero attached hydrogens (tertiary/aromatic N) is 4. The van der Waals surface area contributed by atoms with Crippen LogP contribution in [-0.2, 0) is 0 Å². The van der Waals surface area contributed by atoms with Crippen LogP contribution in [0, 0.1) is 22.0 Å². The minimum absolute atomic E-state index is 0.149. The molecule has 0 atom stereocenters. The number of carbonyl (C=O) groups excluding carboxylic acids is 1. The van der Waals surface area contributed by atoms with Gasteiger partial charge in [-0.25, -0.2) is 9.67 Å². The smallest absolute Gasteiger partial charge is 0.295 e. The lowest BCUT2D eigenvalue weighted by atomic mass is 10.1. The molecule has 31 heavy (non-hydrogen) atoms. The van der Waals surface area contributed by atoms with Gasteiger partial charge in [0, 0.05) is 28.4 Å². The summed E-state index contributed by atoms with van der Waals surface area (Å²) in [5, 5.41) is 18.1. The van der Waals surface area contributed by atoms with Crippen molar-refractivity contribution < 1.29 is 9.72 Å². The molecular formula is C23H15N5O3. The van der Waals surface area contributed by atoms with Gasteiger partial charge in [-0.15, -0.1) is 0 Å². The van der Waals surface area contributed by atoms with Crippen molar-refractivity contribution in [2.45, 2.75) is 0 Å². The van der Waals surface area contributed by atoms with E-state index in [1.54, 1.807) is 18.2 Å². The highest BCUT2D eigenvalue weighted by Crippen LogP contribution is 2.24. The number of amides is 1. The number of anilines is 1. The Morgan fingerprint density at radius 2 is 1.74 bits per heavy atom. The normalized spacial score (nSPS) is 10.1. The van der Waals surface area contributed by atoms with E-state index in [1.807, 2.05) is 36.4 Å². The molecule has 0 aliphatic heterocycles. The van der Waals surface area contributed by atoms with E-state index < -0.39 is 10.8 Å². The summed E-state index contributed by atoms with van der Waals surface area (Å²) >= 11 is 0. The topological polar surface area (TPSA) is 103 Å². The van der Waals surface area contributed by atoms with Crippen LogP contribution < -0.4 is 5.32 Å². The molecule has 4 rings (SSSR count). The predicted octanol–water partition coefficient (Wildman–Crippen LogP) is 3.83. The SMILES string of the molecule is O=C(Nc1cccc(C#Cc2ccccc2)c1)c1ccc(-n2cncn2)c([N+](=O)[O-])c1. The van der Waals surface area contributed by atoms with Crippen LogP contribution in [0.15, 0.2) is 85.5 Å². The summed E-state index contributed by atoms with van der Waals surface area (Å²) in [6, 6.07) is 20.8. The second-order valence-electron chi connectivity index (χ2n) is 6.45. The molecule has 150 valence electrons. The molecule has 1 amide bonds. The Balaban J connectivity index is 1.55. The van der Waals surface area contributed by atoms with Crippen LogP contribution in [-0.4, -0.2) is 25.6 Å². The van der Waals surface area contributed by atoms with Crippen molar-refractivity contribution in [2.75, 3.05) is 5.32 Å². The highest BCUT2D eigenvalue weighted by Gasteiger charge is 2.19. The number of nitro groups is 1. The molecule has 0 fully saturated rings. The lowest BCUT2D eigenvalue weighted by Crippen LogP contribution is -2.13. The fourth-order valence-corrected chi connectivity index (χ4v) is 2.88. The van der Waals surface area contributed by atoms with E-state index in [0.29, 0.717) is 5.69 Å². The molecule has 0 spiro atoms. The highest BCUT2D eigenvalue weighted by atomic mass is 16.6. The van der Waals surface area contributed by atoms with Gasteiger partial charge in [-0.3, -0.25) is 14.9 Å². The van der Waals surface area contributed by atoms with Crippen LogP contribution in [0.5, 0.6) is 0 Å². The maximum Gasteiger partial charge on any atom is 0.295 e. The summed E-state index contributed by atoms with van der Waals surface area (Å²) in [5.41, 5.74) is 2.27. The lowest BCUT2D eigenvalue weighted by molar-refractivity contribution is -0.384. The van der Waals surface area contributed by atoms with Gasteiger partial charge in [-0.05, 0) is 42.5 Å². The molecule has 1 N–H and O–H groups in total. The average molecular weight is 409 g/mol. The van der Waals surface area contributed by atoms with Gasteiger partial charge in [0.2, 0.25) is 0 Å². The third-order valence-corrected chi connectivity index (χ3v) is 4.35. The van der Waals surface area contributed by atoms with Crippen LogP contribution in [0.25, 0.3) is 5.69 Å². The average Bonchev–Trinajstić information content (AvgIpc) is 3.33. The van der Waals surface area contributed by atoms with Gasteiger partial charge in [-0.1, -0.05) is 36.1 Å². The number of nitrogens with one attached hydrogen (secondary N) is 1. The Morgan fingerprint density at radius 3 is 2.48 bits per heavy atom. The summed E-state index contributed by atoms with van der Waals surface area (Å²) in [4.78, 5) is 27.4. The Morgan fingerprint density at radius 1 is 0.968 bits per heavy atom. The quantitative estimate of drug-likeness (QED) is 0.313. The standard InChI is InChI=1S/C23H15N5O3/c29-23(19-11-12-21(22(14-19)28(30)31)27-16-24-15-25-27)26-20-8-4-7-18(13-20)10-9-17-5-2-1-3-6-17/h1-8,11-16H,(H,26,29). The van der Waals surface area contributed by atoms with E-state index in [0.717, 1.165) is 11.1 Å². The van der Waals surface area contributed by atoms with Crippen molar-refractivity contribution in [2.24, 2.45) is 0 Å². The molecule has 0 saturated heterocycles. The van der Waals surface area contributed by atoms with Crippen molar-refractivity contribution >= 4 is 17.3 Å². The maximum absolute atomic E-state index is 12.7. The molecule has 0 unspecified atom stereocenters. The molecule has 1 heterocycles. The fraction of sp³-hybridized carbons (Fsp3) is 0. The molecule has 8 heteroatoms. The zero-order chi connectivity index (χ0) is 21.6. The molecule has 0 aliphatic rings. The zero-order valence-corrected chi connectivity index (χ0v) is 16.1. The molecule has 3 aromatic carbocycles. The van der Waals surface area contributed by atoms with Crippen molar-refractivity contribution in [3.63, 3.8) is 0 Å². The molecule has 1 aromatic heterocycles. The van der Waals surface area contributed by atoms with Crippen LogP contribution >= 0.6 is 0 Å². The van der Waals surface area contributed by atoms with Gasteiger partial charge in [0.15, 0.2) is 0 Å². The Kier molecular flexibility index (Phi) is 5.49. The van der Waals surface area contributed by atoms with Gasteiger partial charge >= 0.3 is 0 Å². The van der Waals surface area contributed by atoms with E-state index in [-0.39, 0.29) is 16.9 Å². The molecule has 0 bridgehead atoms. The van der Waals surface area contributed by atoms with Crippen molar-refractivity contribution in [1.29, 1.82) is 0 Å². The molecule has 0 saturated carbocycles. The largest absolute Gasteiger partial charge is 0.322 e. The van der Waals surface area contributed by atoms with Crippen LogP contribution in [0.4, 0.5) is 11.4 Å². The van der Waals surface area contributed by atoms with Gasteiger partial charge in [-0.2, -0.15) is 5.10 Å². The van der Waals surface area contributed by atoms with E-state index >= 15 is 0 Å². The van der Waals surface area contributed by atoms with Gasteiger partial charge < -0.3 is 5.32 Å². The van der Waals surface area contributed by atoms with Gasteiger partial charge in [0.25, 0.3) is 11.6 Å². The van der Waals surface area contributed by atoms with Gasteiger partial charge in [0.05, 0.1) is 4.92 Å². The monoisotopic (exact) mass is 409 g/mol. The zero-order valence-electron chi connectivity index (χ0n) is 16.1. The van der Waals surface area contributed by atoms with E-state index in [2.05, 4.69) is 27.2 Å². The lowest BCUT2D eigenvalue weighted by Gasteiger charge is -2.08. The van der Waals surface area contributed by atoms with Crippen LogP contribution in [0.1, 0.15) is 21.5 Å². The molecular weight excluding hydrogens is 394 g/mol. The number of rotatable bonds is 4. The van der Waals surface area contributed by atoms with Crippen LogP contribution in [0.3, 0.4) is 0 Å². The molecule has 8 nitrogen and oxygen atoms in total. The van der Waals surface area contributed by atoms with Crippen molar-refractivity contribution in [3.8, 4) is 17.5 Å². The fourth-order valence-electron chi connectivity index (χ4n) is 2.88. The second-order valence-corrected chi connectivity index (χ2v) is 6.45. The number of hydrogen-bond acceptors (Lipinski definition) is 5. The minimum atomic E-state index is -0.562. The second kappa shape index (κ2) is 8.71. The summed E-state index contributed by atoms with van der Waals surface area (Å²) in [6.07, 6.45) is 2.63. The summed E-state index contributed by atoms with van der Waals surface area (Å²) in [7, 11) is 0. The highest BCUT2D eigenvalue weighted by molar-refractivity contribution is 6.05. The predicted molar refractivity (Wildman–Crippen MR) is 115 cm³/mol. The van der Waals surface area contributed by atoms with Crippen molar-refractivity contribution in [1.82, 2.24) is 14.8 Å². The van der Waals surface area contributed by atoms with E-state index in [9.17, 15) is 14.9 Å². The first-order valence-electron chi connectivity index (χ1n) is 9.22. The summed E-state index contributed by atoms with van der Waals surface area (Å²) < 4.78 is 1.27. The minimum Gasteiger partial charge on any atom is -0.322 e. The van der Waals surface area contributed by atoms with E-state index in [1.165, 1.54) is 35.5 Å². The first-order chi connectivity index (χ1) is 15.1. The number of carbonyl (C=O) groups is 1. The Bertz CT molecular complexity index is 1310. The molecule has 0 radical (unpaired) electrons. The number of nitro benzene ring substituents is 1. The first-order valence-corrected chi connectivity index (χ1v) is 9.22. The summed E-state index contributed by atoms with van der Waals surface area (Å²) in [6.45, 7) is 0. The third kappa shape index (κ3) is 4.63. The van der Waals surface area contributed by atoms with Gasteiger partial charge in [0.1, 0.15) is 18.3 Å².